The first-order valence-electron chi connectivity index (χ1n) is 5.24. The number of ketones is 1. The van der Waals surface area contributed by atoms with E-state index in [0.29, 0.717) is 11.4 Å². The Balaban J connectivity index is 3.02. The number of nitrogens with one attached hydrogen (secondary N) is 1. The van der Waals surface area contributed by atoms with Crippen LogP contribution in [-0.2, 0) is 4.79 Å². The summed E-state index contributed by atoms with van der Waals surface area (Å²) in [6.07, 6.45) is 6.34. The van der Waals surface area contributed by atoms with Crippen LogP contribution in [0.4, 0.5) is 0 Å². The molecule has 0 radical (unpaired) electrons. The Morgan fingerprint density at radius 3 is 2.53 bits per heavy atom. The third-order valence-electron chi connectivity index (χ3n) is 2.19. The predicted molar refractivity (Wildman–Crippen MR) is 67.9 cm³/mol. The summed E-state index contributed by atoms with van der Waals surface area (Å²) < 4.78 is 1.30. The Bertz CT molecular complexity index is 544. The van der Waals surface area contributed by atoms with E-state index in [1.807, 2.05) is 0 Å². The Morgan fingerprint density at radius 1 is 1.41 bits per heavy atom. The minimum absolute atomic E-state index is 0.0643. The average Bonchev–Trinajstić information content (AvgIpc) is 2.71. The summed E-state index contributed by atoms with van der Waals surface area (Å²) in [5.41, 5.74) is 0.309. The van der Waals surface area contributed by atoms with Crippen LogP contribution in [-0.4, -0.2) is 21.8 Å². The fourth-order valence-corrected chi connectivity index (χ4v) is 1.27. The number of aromatic amines is 1. The Kier molecular flexibility index (Phi) is 4.39. The first-order valence-corrected chi connectivity index (χ1v) is 5.24. The Morgan fingerprint density at radius 2 is 2.12 bits per heavy atom. The smallest absolute Gasteiger partial charge is 0.272 e. The number of aliphatic imine (C=N–C) groups is 1. The van der Waals surface area contributed by atoms with Gasteiger partial charge < -0.3 is 0 Å². The molecule has 0 unspecified atom stereocenters. The summed E-state index contributed by atoms with van der Waals surface area (Å²) in [4.78, 5) is 26.7. The van der Waals surface area contributed by atoms with Gasteiger partial charge in [0.05, 0.1) is 0 Å². The highest BCUT2D eigenvalue weighted by Gasteiger charge is 2.02. The molecule has 0 aromatic carbocycles. The van der Waals surface area contributed by atoms with E-state index in [0.717, 1.165) is 0 Å². The highest BCUT2D eigenvalue weighted by atomic mass is 16.1. The van der Waals surface area contributed by atoms with Gasteiger partial charge in [-0.05, 0) is 26.8 Å². The molecule has 0 aliphatic rings. The van der Waals surface area contributed by atoms with Gasteiger partial charge >= 0.3 is 0 Å². The molecule has 1 heterocycles. The molecule has 17 heavy (non-hydrogen) atoms. The zero-order chi connectivity index (χ0) is 12.8. The minimum Gasteiger partial charge on any atom is -0.297 e. The lowest BCUT2D eigenvalue weighted by atomic mass is 10.2. The fourth-order valence-electron chi connectivity index (χ4n) is 1.27. The van der Waals surface area contributed by atoms with Gasteiger partial charge in [0, 0.05) is 24.1 Å². The van der Waals surface area contributed by atoms with Crippen molar-refractivity contribution in [1.29, 1.82) is 0 Å². The van der Waals surface area contributed by atoms with Crippen molar-refractivity contribution in [3.8, 4) is 0 Å². The van der Waals surface area contributed by atoms with Gasteiger partial charge in [0.15, 0.2) is 11.6 Å². The molecule has 1 rings (SSSR count). The number of Topliss-reactive ketones (excluding diaryl/α,β-unsaturated/α-hetero) is 1. The number of hydrogen-bond donors (Lipinski definition) is 1. The van der Waals surface area contributed by atoms with Gasteiger partial charge in [-0.1, -0.05) is 6.08 Å². The van der Waals surface area contributed by atoms with Crippen molar-refractivity contribution in [1.82, 2.24) is 9.78 Å². The van der Waals surface area contributed by atoms with E-state index >= 15 is 0 Å². The van der Waals surface area contributed by atoms with Crippen LogP contribution in [0.3, 0.4) is 0 Å². The average molecular weight is 233 g/mol. The van der Waals surface area contributed by atoms with Crippen molar-refractivity contribution in [3.63, 3.8) is 0 Å². The summed E-state index contributed by atoms with van der Waals surface area (Å²) in [5, 5.41) is 2.75. The molecule has 0 saturated heterocycles. The number of carbonyl (C=O) groups excluding carboxylic acids is 1. The van der Waals surface area contributed by atoms with Crippen LogP contribution in [0.2, 0.25) is 0 Å². The lowest BCUT2D eigenvalue weighted by Crippen LogP contribution is -2.14. The lowest BCUT2D eigenvalue weighted by molar-refractivity contribution is -0.113. The second kappa shape index (κ2) is 5.79. The maximum Gasteiger partial charge on any atom is 0.272 e. The molecular formula is C12H15N3O2. The number of rotatable bonds is 4. The largest absolute Gasteiger partial charge is 0.297 e. The van der Waals surface area contributed by atoms with Crippen molar-refractivity contribution >= 4 is 17.8 Å². The van der Waals surface area contributed by atoms with Crippen molar-refractivity contribution in [2.24, 2.45) is 4.99 Å². The maximum absolute atomic E-state index is 11.4. The molecule has 90 valence electrons. The molecule has 5 heteroatoms. The number of carbonyl (C=O) groups is 1. The molecule has 1 aromatic heterocycles. The number of hydrogen-bond acceptors (Lipinski definition) is 3. The van der Waals surface area contributed by atoms with Crippen molar-refractivity contribution in [2.75, 3.05) is 0 Å². The Hall–Kier alpha value is -2.17. The third kappa shape index (κ3) is 3.14. The molecule has 1 aromatic rings. The molecule has 1 N–H and O–H groups in total. The van der Waals surface area contributed by atoms with E-state index < -0.39 is 0 Å². The monoisotopic (exact) mass is 233 g/mol. The number of nitrogens with zero attached hydrogens (tertiary/aromatic N) is 2. The summed E-state index contributed by atoms with van der Waals surface area (Å²) in [5.74, 6) is 0.381. The number of aromatic nitrogens is 2. The minimum atomic E-state index is -0.194. The molecule has 5 nitrogen and oxygen atoms in total. The van der Waals surface area contributed by atoms with E-state index in [1.165, 1.54) is 30.1 Å². The molecule has 0 atom stereocenters. The van der Waals surface area contributed by atoms with Gasteiger partial charge in [0.1, 0.15) is 0 Å². The van der Waals surface area contributed by atoms with Crippen LogP contribution in [0.1, 0.15) is 20.8 Å². The molecule has 0 aliphatic heterocycles. The second-order valence-corrected chi connectivity index (χ2v) is 3.34. The maximum atomic E-state index is 11.4. The van der Waals surface area contributed by atoms with Gasteiger partial charge in [-0.25, -0.2) is 9.67 Å². The highest BCUT2D eigenvalue weighted by molar-refractivity contribution is 6.12. The molecule has 0 amide bonds. The van der Waals surface area contributed by atoms with Crippen molar-refractivity contribution < 1.29 is 4.79 Å². The van der Waals surface area contributed by atoms with Crippen LogP contribution in [0.25, 0.3) is 5.82 Å². The van der Waals surface area contributed by atoms with Gasteiger partial charge in [-0.3, -0.25) is 14.7 Å². The third-order valence-corrected chi connectivity index (χ3v) is 2.19. The molecular weight excluding hydrogens is 218 g/mol. The highest BCUT2D eigenvalue weighted by Crippen LogP contribution is 2.02. The summed E-state index contributed by atoms with van der Waals surface area (Å²) in [6.45, 7) is 5.00. The topological polar surface area (TPSA) is 67.2 Å². The van der Waals surface area contributed by atoms with Gasteiger partial charge in [-0.15, -0.1) is 0 Å². The van der Waals surface area contributed by atoms with E-state index in [9.17, 15) is 9.59 Å². The van der Waals surface area contributed by atoms with E-state index in [1.54, 1.807) is 26.0 Å². The molecule has 0 spiro atoms. The SMILES string of the molecule is C\C=C(/C=N\C(=C/C)n1[nH]ccc1=O)C(C)=O. The van der Waals surface area contributed by atoms with Gasteiger partial charge in [0.2, 0.25) is 0 Å². The number of H-pyrrole nitrogens is 1. The first kappa shape index (κ1) is 12.9. The Labute approximate surface area is 99.2 Å². The standard InChI is InChI=1S/C12H15N3O2/c1-4-10(9(3)16)8-13-11(5-2)15-12(17)6-7-14-15/h4-8,14H,1-3H3/b10-4+,11-5+,13-8-. The zero-order valence-electron chi connectivity index (χ0n) is 10.1. The van der Waals surface area contributed by atoms with E-state index in [4.69, 9.17) is 0 Å². The summed E-state index contributed by atoms with van der Waals surface area (Å²) in [7, 11) is 0. The van der Waals surface area contributed by atoms with Crippen molar-refractivity contribution in [2.45, 2.75) is 20.8 Å². The normalized spacial score (nSPS) is 13.4. The van der Waals surface area contributed by atoms with Crippen LogP contribution in [0.5, 0.6) is 0 Å². The molecule has 0 saturated carbocycles. The van der Waals surface area contributed by atoms with Crippen LogP contribution >= 0.6 is 0 Å². The van der Waals surface area contributed by atoms with Gasteiger partial charge in [-0.2, -0.15) is 0 Å². The molecule has 0 aliphatic carbocycles. The van der Waals surface area contributed by atoms with Gasteiger partial charge in [0.25, 0.3) is 5.56 Å². The first-order chi connectivity index (χ1) is 8.10. The van der Waals surface area contributed by atoms with Crippen LogP contribution < -0.4 is 5.56 Å². The van der Waals surface area contributed by atoms with Crippen LogP contribution in [0, 0.1) is 0 Å². The zero-order valence-corrected chi connectivity index (χ0v) is 10.1. The van der Waals surface area contributed by atoms with E-state index in [2.05, 4.69) is 10.1 Å². The fraction of sp³-hybridized carbons (Fsp3) is 0.250. The second-order valence-electron chi connectivity index (χ2n) is 3.34. The lowest BCUT2D eigenvalue weighted by Gasteiger charge is -2.01. The predicted octanol–water partition coefficient (Wildman–Crippen LogP) is 1.60. The van der Waals surface area contributed by atoms with E-state index in [-0.39, 0.29) is 11.3 Å². The molecule has 0 bridgehead atoms. The quantitative estimate of drug-likeness (QED) is 0.634. The molecule has 0 fully saturated rings. The van der Waals surface area contributed by atoms with Crippen molar-refractivity contribution in [3.05, 3.63) is 40.3 Å². The summed E-state index contributed by atoms with van der Waals surface area (Å²) in [6, 6.07) is 1.40. The summed E-state index contributed by atoms with van der Waals surface area (Å²) >= 11 is 0. The number of allylic oxidation sites excluding steroid dienone is 3. The van der Waals surface area contributed by atoms with Crippen LogP contribution in [0.15, 0.2) is 39.8 Å².